The van der Waals surface area contributed by atoms with Crippen molar-refractivity contribution >= 4 is 5.91 Å². The zero-order chi connectivity index (χ0) is 22.1. The number of methoxy groups -OCH3 is 1. The highest BCUT2D eigenvalue weighted by Crippen LogP contribution is 2.29. The smallest absolute Gasteiger partial charge is 0.274 e. The number of nitrogens with zero attached hydrogens (tertiary/aromatic N) is 4. The monoisotopic (exact) mass is 419 g/mol. The van der Waals surface area contributed by atoms with E-state index in [0.717, 1.165) is 12.1 Å². The average Bonchev–Trinajstić information content (AvgIpc) is 3.36. The molecule has 1 aliphatic rings. The fourth-order valence-electron chi connectivity index (χ4n) is 3.81. The van der Waals surface area contributed by atoms with Crippen LogP contribution in [0, 0.1) is 24.1 Å². The first-order valence-corrected chi connectivity index (χ1v) is 9.91. The van der Waals surface area contributed by atoms with Crippen LogP contribution < -0.4 is 10.5 Å². The van der Waals surface area contributed by atoms with E-state index in [0.29, 0.717) is 41.6 Å². The summed E-state index contributed by atoms with van der Waals surface area (Å²) in [6.07, 6.45) is 0.748. The number of amides is 1. The predicted octanol–water partition coefficient (Wildman–Crippen LogP) is 3.04. The van der Waals surface area contributed by atoms with E-state index < -0.39 is 5.82 Å². The summed E-state index contributed by atoms with van der Waals surface area (Å²) < 4.78 is 21.4. The van der Waals surface area contributed by atoms with E-state index in [-0.39, 0.29) is 17.5 Å². The Bertz CT molecular complexity index is 1180. The summed E-state index contributed by atoms with van der Waals surface area (Å²) in [6, 6.07) is 13.4. The summed E-state index contributed by atoms with van der Waals surface area (Å²) in [5.74, 6) is 0.265. The lowest BCUT2D eigenvalue weighted by Crippen LogP contribution is -2.32. The van der Waals surface area contributed by atoms with Crippen molar-refractivity contribution in [1.82, 2.24) is 14.5 Å². The second-order valence-corrected chi connectivity index (χ2v) is 7.51. The molecular formula is C23H22FN5O2. The van der Waals surface area contributed by atoms with Gasteiger partial charge in [-0.05, 0) is 55.8 Å². The fourth-order valence-corrected chi connectivity index (χ4v) is 3.81. The Kier molecular flexibility index (Phi) is 5.44. The Hall–Kier alpha value is -3.70. The van der Waals surface area contributed by atoms with E-state index in [2.05, 4.69) is 4.98 Å². The number of carbonyl (C=O) groups excluding carboxylic acids is 1. The lowest BCUT2D eigenvalue weighted by molar-refractivity contribution is 0.0785. The minimum absolute atomic E-state index is 0.0416. The molecule has 1 aliphatic heterocycles. The summed E-state index contributed by atoms with van der Waals surface area (Å²) in [5, 5.41) is 9.04. The Morgan fingerprint density at radius 1 is 1.29 bits per heavy atom. The van der Waals surface area contributed by atoms with Crippen LogP contribution in [0.4, 0.5) is 4.39 Å². The number of aromatic nitrogens is 2. The largest absolute Gasteiger partial charge is 0.497 e. The molecule has 1 amide bonds. The summed E-state index contributed by atoms with van der Waals surface area (Å²) in [7, 11) is 1.58. The number of nitrogens with two attached hydrogens (primary N) is 1. The van der Waals surface area contributed by atoms with Crippen molar-refractivity contribution in [2.75, 3.05) is 20.2 Å². The predicted molar refractivity (Wildman–Crippen MR) is 113 cm³/mol. The van der Waals surface area contributed by atoms with Gasteiger partial charge in [-0.15, -0.1) is 0 Å². The van der Waals surface area contributed by atoms with Gasteiger partial charge in [0.25, 0.3) is 5.91 Å². The van der Waals surface area contributed by atoms with Crippen molar-refractivity contribution in [3.05, 3.63) is 65.2 Å². The van der Waals surface area contributed by atoms with Crippen molar-refractivity contribution < 1.29 is 13.9 Å². The molecule has 3 aromatic rings. The van der Waals surface area contributed by atoms with Crippen LogP contribution in [0.2, 0.25) is 0 Å². The van der Waals surface area contributed by atoms with Crippen LogP contribution in [0.25, 0.3) is 17.1 Å². The van der Waals surface area contributed by atoms with Gasteiger partial charge in [-0.1, -0.05) is 0 Å². The molecule has 0 aliphatic carbocycles. The summed E-state index contributed by atoms with van der Waals surface area (Å²) in [6.45, 7) is 2.87. The number of hydrogen-bond donors (Lipinski definition) is 1. The molecule has 2 N–H and O–H groups in total. The van der Waals surface area contributed by atoms with Gasteiger partial charge in [0.2, 0.25) is 0 Å². The zero-order valence-corrected chi connectivity index (χ0v) is 17.3. The van der Waals surface area contributed by atoms with Crippen molar-refractivity contribution in [3.8, 4) is 28.9 Å². The lowest BCUT2D eigenvalue weighted by Gasteiger charge is -2.15. The standard InChI is InChI=1S/C23H22FN5O2/c1-14-21(23(30)28-10-9-17(26)13-28)27-22(15-3-4-16(12-25)20(24)11-15)29(14)18-5-7-19(31-2)8-6-18/h3-8,11,17H,9-10,13,26H2,1-2H3/t17-/m1/s1. The molecule has 0 unspecified atom stereocenters. The number of imidazole rings is 1. The van der Waals surface area contributed by atoms with Gasteiger partial charge in [-0.2, -0.15) is 5.26 Å². The van der Waals surface area contributed by atoms with Crippen LogP contribution in [0.1, 0.15) is 28.2 Å². The van der Waals surface area contributed by atoms with Crippen molar-refractivity contribution in [2.24, 2.45) is 5.73 Å². The lowest BCUT2D eigenvalue weighted by atomic mass is 10.1. The molecule has 1 atom stereocenters. The summed E-state index contributed by atoms with van der Waals surface area (Å²) in [5.41, 5.74) is 8.07. The fraction of sp³-hybridized carbons (Fsp3) is 0.261. The Morgan fingerprint density at radius 3 is 2.61 bits per heavy atom. The van der Waals surface area contributed by atoms with Gasteiger partial charge in [-0.3, -0.25) is 9.36 Å². The molecule has 0 spiro atoms. The van der Waals surface area contributed by atoms with E-state index in [1.807, 2.05) is 29.7 Å². The molecule has 8 heteroatoms. The maximum Gasteiger partial charge on any atom is 0.274 e. The number of rotatable bonds is 4. The van der Waals surface area contributed by atoms with Crippen molar-refractivity contribution in [1.29, 1.82) is 5.26 Å². The van der Waals surface area contributed by atoms with Gasteiger partial charge in [0.15, 0.2) is 0 Å². The Morgan fingerprint density at radius 2 is 2.03 bits per heavy atom. The van der Waals surface area contributed by atoms with Gasteiger partial charge in [0.1, 0.15) is 29.2 Å². The van der Waals surface area contributed by atoms with Crippen LogP contribution in [0.5, 0.6) is 5.75 Å². The molecule has 1 saturated heterocycles. The SMILES string of the molecule is COc1ccc(-n2c(-c3ccc(C#N)c(F)c3)nc(C(=O)N3CC[C@@H](N)C3)c2C)cc1. The highest BCUT2D eigenvalue weighted by atomic mass is 19.1. The molecule has 4 rings (SSSR count). The van der Waals surface area contributed by atoms with E-state index in [9.17, 15) is 9.18 Å². The third-order valence-corrected chi connectivity index (χ3v) is 5.50. The number of likely N-dealkylation sites (tertiary alicyclic amines) is 1. The summed E-state index contributed by atoms with van der Waals surface area (Å²) in [4.78, 5) is 19.5. The van der Waals surface area contributed by atoms with Gasteiger partial charge >= 0.3 is 0 Å². The third kappa shape index (κ3) is 3.76. The molecule has 0 bridgehead atoms. The molecule has 31 heavy (non-hydrogen) atoms. The maximum absolute atomic E-state index is 14.4. The normalized spacial score (nSPS) is 15.7. The number of hydrogen-bond acceptors (Lipinski definition) is 5. The number of nitriles is 1. The average molecular weight is 419 g/mol. The zero-order valence-electron chi connectivity index (χ0n) is 17.3. The quantitative estimate of drug-likeness (QED) is 0.701. The second kappa shape index (κ2) is 8.20. The molecule has 2 heterocycles. The van der Waals surface area contributed by atoms with Crippen molar-refractivity contribution in [3.63, 3.8) is 0 Å². The van der Waals surface area contributed by atoms with Gasteiger partial charge in [0, 0.05) is 30.4 Å². The van der Waals surface area contributed by atoms with Crippen molar-refractivity contribution in [2.45, 2.75) is 19.4 Å². The Labute approximate surface area is 179 Å². The minimum Gasteiger partial charge on any atom is -0.497 e. The second-order valence-electron chi connectivity index (χ2n) is 7.51. The molecule has 7 nitrogen and oxygen atoms in total. The van der Waals surface area contributed by atoms with Gasteiger partial charge < -0.3 is 15.4 Å². The minimum atomic E-state index is -0.639. The topological polar surface area (TPSA) is 97.2 Å². The van der Waals surface area contributed by atoms with E-state index in [1.54, 1.807) is 30.2 Å². The molecule has 0 radical (unpaired) electrons. The summed E-state index contributed by atoms with van der Waals surface area (Å²) >= 11 is 0. The molecule has 1 aromatic heterocycles. The van der Waals surface area contributed by atoms with Gasteiger partial charge in [-0.25, -0.2) is 9.37 Å². The number of halogens is 1. The van der Waals surface area contributed by atoms with E-state index in [1.165, 1.54) is 12.1 Å². The number of benzene rings is 2. The van der Waals surface area contributed by atoms with Crippen LogP contribution >= 0.6 is 0 Å². The molecule has 158 valence electrons. The number of ether oxygens (including phenoxy) is 1. The third-order valence-electron chi connectivity index (χ3n) is 5.50. The molecule has 1 fully saturated rings. The van der Waals surface area contributed by atoms with E-state index >= 15 is 0 Å². The maximum atomic E-state index is 14.4. The molecular weight excluding hydrogens is 397 g/mol. The van der Waals surface area contributed by atoms with Gasteiger partial charge in [0.05, 0.1) is 18.4 Å². The van der Waals surface area contributed by atoms with E-state index in [4.69, 9.17) is 15.7 Å². The first kappa shape index (κ1) is 20.6. The number of carbonyl (C=O) groups is 1. The van der Waals surface area contributed by atoms with Crippen LogP contribution in [0.15, 0.2) is 42.5 Å². The van der Waals surface area contributed by atoms with Crippen LogP contribution in [-0.4, -0.2) is 46.6 Å². The first-order chi connectivity index (χ1) is 14.9. The first-order valence-electron chi connectivity index (χ1n) is 9.91. The molecule has 2 aromatic carbocycles. The molecule has 0 saturated carbocycles. The highest BCUT2D eigenvalue weighted by molar-refractivity contribution is 5.94. The highest BCUT2D eigenvalue weighted by Gasteiger charge is 2.29. The van der Waals surface area contributed by atoms with Crippen LogP contribution in [0.3, 0.4) is 0 Å². The van der Waals surface area contributed by atoms with Crippen LogP contribution in [-0.2, 0) is 0 Å². The Balaban J connectivity index is 1.86.